The van der Waals surface area contributed by atoms with Crippen molar-refractivity contribution in [3.63, 3.8) is 0 Å². The Morgan fingerprint density at radius 2 is 1.72 bits per heavy atom. The van der Waals surface area contributed by atoms with Crippen LogP contribution in [0.2, 0.25) is 0 Å². The van der Waals surface area contributed by atoms with E-state index in [4.69, 9.17) is 4.74 Å². The summed E-state index contributed by atoms with van der Waals surface area (Å²) < 4.78 is 4.95. The van der Waals surface area contributed by atoms with Gasteiger partial charge in [0.1, 0.15) is 6.04 Å². The van der Waals surface area contributed by atoms with E-state index in [-0.39, 0.29) is 5.41 Å². The molecule has 1 aromatic rings. The van der Waals surface area contributed by atoms with Crippen LogP contribution in [0.1, 0.15) is 43.1 Å². The number of thioether (sulfide) groups is 1. The van der Waals surface area contributed by atoms with E-state index in [1.54, 1.807) is 12.1 Å². The number of hydrogen-bond donors (Lipinski definition) is 3. The average Bonchev–Trinajstić information content (AvgIpc) is 2.68. The molecule has 1 rings (SSSR count). The third-order valence-electron chi connectivity index (χ3n) is 4.04. The number of benzene rings is 1. The van der Waals surface area contributed by atoms with E-state index < -0.39 is 36.5 Å². The van der Waals surface area contributed by atoms with Crippen molar-refractivity contribution in [1.29, 1.82) is 0 Å². The molecule has 0 fully saturated rings. The van der Waals surface area contributed by atoms with Crippen LogP contribution in [-0.2, 0) is 19.7 Å². The van der Waals surface area contributed by atoms with Gasteiger partial charge in [0.25, 0.3) is 11.8 Å². The quantitative estimate of drug-likeness (QED) is 0.550. The minimum atomic E-state index is -0.898. The molecule has 0 saturated carbocycles. The zero-order valence-electron chi connectivity index (χ0n) is 17.5. The topological polar surface area (TPSA) is 114 Å². The van der Waals surface area contributed by atoms with Crippen LogP contribution in [0, 0.1) is 0 Å². The molecule has 0 heterocycles. The molecule has 0 radical (unpaired) electrons. The number of amides is 4. The van der Waals surface area contributed by atoms with Gasteiger partial charge in [-0.1, -0.05) is 32.9 Å². The molecule has 0 bridgehead atoms. The maximum Gasteiger partial charge on any atom is 0.329 e. The monoisotopic (exact) mass is 423 g/mol. The predicted molar refractivity (Wildman–Crippen MR) is 113 cm³/mol. The summed E-state index contributed by atoms with van der Waals surface area (Å²) in [5.74, 6) is -1.27. The molecular formula is C20H29N3O5S. The number of ether oxygens (including phenoxy) is 1. The van der Waals surface area contributed by atoms with Crippen molar-refractivity contribution in [3.05, 3.63) is 35.4 Å². The highest BCUT2D eigenvalue weighted by Gasteiger charge is 2.24. The van der Waals surface area contributed by atoms with Crippen molar-refractivity contribution in [2.45, 2.75) is 38.6 Å². The van der Waals surface area contributed by atoms with Gasteiger partial charge >= 0.3 is 12.0 Å². The second-order valence-corrected chi connectivity index (χ2v) is 8.36. The minimum absolute atomic E-state index is 0.0328. The maximum atomic E-state index is 12.5. The Kier molecular flexibility index (Phi) is 9.67. The normalized spacial score (nSPS) is 11.9. The smallest absolute Gasteiger partial charge is 0.329 e. The summed E-state index contributed by atoms with van der Waals surface area (Å²) in [6.45, 7) is 5.63. The first-order chi connectivity index (χ1) is 13.6. The summed E-state index contributed by atoms with van der Waals surface area (Å²) in [6, 6.07) is 5.59. The number of hydrogen-bond acceptors (Lipinski definition) is 6. The molecule has 9 heteroatoms. The first-order valence-electron chi connectivity index (χ1n) is 9.17. The molecule has 0 spiro atoms. The Bertz CT molecular complexity index is 729. The first-order valence-corrected chi connectivity index (χ1v) is 10.6. The van der Waals surface area contributed by atoms with Crippen molar-refractivity contribution >= 4 is 35.6 Å². The fourth-order valence-corrected chi connectivity index (χ4v) is 2.78. The average molecular weight is 424 g/mol. The molecule has 4 amide bonds. The maximum absolute atomic E-state index is 12.5. The van der Waals surface area contributed by atoms with Gasteiger partial charge in [-0.25, -0.2) is 9.59 Å². The SMILES string of the molecule is CNC(=O)NC(=O)COC(=O)C(CCSC)NC(=O)c1ccc(C(C)(C)C)cc1. The molecule has 1 aromatic carbocycles. The summed E-state index contributed by atoms with van der Waals surface area (Å²) in [7, 11) is 1.36. The number of imide groups is 1. The molecule has 0 aliphatic carbocycles. The van der Waals surface area contributed by atoms with E-state index in [1.807, 2.05) is 23.7 Å². The van der Waals surface area contributed by atoms with E-state index in [1.165, 1.54) is 18.8 Å². The Morgan fingerprint density at radius 3 is 2.24 bits per heavy atom. The van der Waals surface area contributed by atoms with Crippen LogP contribution < -0.4 is 16.0 Å². The molecule has 1 atom stereocenters. The summed E-state index contributed by atoms with van der Waals surface area (Å²) >= 11 is 1.52. The number of urea groups is 1. The fourth-order valence-electron chi connectivity index (χ4n) is 2.31. The van der Waals surface area contributed by atoms with Crippen molar-refractivity contribution in [2.75, 3.05) is 25.7 Å². The highest BCUT2D eigenvalue weighted by Crippen LogP contribution is 2.22. The second-order valence-electron chi connectivity index (χ2n) is 7.37. The van der Waals surface area contributed by atoms with Crippen LogP contribution in [0.15, 0.2) is 24.3 Å². The number of rotatable bonds is 8. The number of nitrogens with one attached hydrogen (secondary N) is 3. The fraction of sp³-hybridized carbons (Fsp3) is 0.500. The van der Waals surface area contributed by atoms with Crippen LogP contribution in [0.4, 0.5) is 4.79 Å². The summed E-state index contributed by atoms with van der Waals surface area (Å²) in [5.41, 5.74) is 1.49. The molecule has 0 aliphatic rings. The molecule has 0 aliphatic heterocycles. The van der Waals surface area contributed by atoms with Gasteiger partial charge in [-0.15, -0.1) is 0 Å². The van der Waals surface area contributed by atoms with E-state index in [9.17, 15) is 19.2 Å². The Labute approximate surface area is 175 Å². The standard InChI is InChI=1S/C20H29N3O5S/c1-20(2,3)14-8-6-13(7-9-14)17(25)22-15(10-11-29-5)18(26)28-12-16(24)23-19(27)21-4/h6-9,15H,10-12H2,1-5H3,(H,22,25)(H2,21,23,24,27). The Hall–Kier alpha value is -2.55. The van der Waals surface area contributed by atoms with E-state index in [2.05, 4.69) is 31.4 Å². The van der Waals surface area contributed by atoms with Crippen LogP contribution in [0.25, 0.3) is 0 Å². The Balaban J connectivity index is 2.74. The lowest BCUT2D eigenvalue weighted by atomic mass is 9.86. The second kappa shape index (κ2) is 11.5. The summed E-state index contributed by atoms with van der Waals surface area (Å²) in [6.07, 6.45) is 2.23. The lowest BCUT2D eigenvalue weighted by Crippen LogP contribution is -2.44. The van der Waals surface area contributed by atoms with Gasteiger partial charge in [-0.2, -0.15) is 11.8 Å². The Morgan fingerprint density at radius 1 is 1.10 bits per heavy atom. The zero-order chi connectivity index (χ0) is 22.0. The molecule has 0 saturated heterocycles. The molecule has 3 N–H and O–H groups in total. The molecule has 29 heavy (non-hydrogen) atoms. The van der Waals surface area contributed by atoms with Crippen molar-refractivity contribution < 1.29 is 23.9 Å². The van der Waals surface area contributed by atoms with E-state index in [0.29, 0.717) is 17.7 Å². The van der Waals surface area contributed by atoms with Crippen LogP contribution in [-0.4, -0.2) is 55.5 Å². The van der Waals surface area contributed by atoms with Gasteiger partial charge in [-0.05, 0) is 41.5 Å². The molecule has 8 nitrogen and oxygen atoms in total. The number of carbonyl (C=O) groups excluding carboxylic acids is 4. The largest absolute Gasteiger partial charge is 0.454 e. The predicted octanol–water partition coefficient (Wildman–Crippen LogP) is 1.83. The van der Waals surface area contributed by atoms with Gasteiger partial charge in [0.2, 0.25) is 0 Å². The third-order valence-corrected chi connectivity index (χ3v) is 4.68. The molecule has 160 valence electrons. The lowest BCUT2D eigenvalue weighted by Gasteiger charge is -2.20. The van der Waals surface area contributed by atoms with E-state index in [0.717, 1.165) is 5.56 Å². The highest BCUT2D eigenvalue weighted by atomic mass is 32.2. The van der Waals surface area contributed by atoms with Gasteiger partial charge < -0.3 is 15.4 Å². The third kappa shape index (κ3) is 8.55. The number of esters is 1. The van der Waals surface area contributed by atoms with E-state index >= 15 is 0 Å². The number of carbonyl (C=O) groups is 4. The van der Waals surface area contributed by atoms with Gasteiger partial charge in [-0.3, -0.25) is 14.9 Å². The van der Waals surface area contributed by atoms with Gasteiger partial charge in [0.05, 0.1) is 0 Å². The first kappa shape index (κ1) is 24.5. The lowest BCUT2D eigenvalue weighted by molar-refractivity contribution is -0.150. The zero-order valence-corrected chi connectivity index (χ0v) is 18.3. The van der Waals surface area contributed by atoms with Crippen molar-refractivity contribution in [3.8, 4) is 0 Å². The summed E-state index contributed by atoms with van der Waals surface area (Å²) in [4.78, 5) is 47.5. The van der Waals surface area contributed by atoms with Crippen LogP contribution in [0.5, 0.6) is 0 Å². The van der Waals surface area contributed by atoms with Crippen molar-refractivity contribution in [2.24, 2.45) is 0 Å². The highest BCUT2D eigenvalue weighted by molar-refractivity contribution is 7.98. The molecule has 1 unspecified atom stereocenters. The van der Waals surface area contributed by atoms with Gasteiger partial charge in [0.15, 0.2) is 6.61 Å². The van der Waals surface area contributed by atoms with Crippen LogP contribution in [0.3, 0.4) is 0 Å². The van der Waals surface area contributed by atoms with Gasteiger partial charge in [0, 0.05) is 12.6 Å². The summed E-state index contributed by atoms with van der Waals surface area (Å²) in [5, 5.41) is 6.88. The molecule has 0 aromatic heterocycles. The van der Waals surface area contributed by atoms with Crippen LogP contribution >= 0.6 is 11.8 Å². The van der Waals surface area contributed by atoms with Crippen molar-refractivity contribution in [1.82, 2.24) is 16.0 Å². The molecular weight excluding hydrogens is 394 g/mol. The minimum Gasteiger partial charge on any atom is -0.454 e.